The van der Waals surface area contributed by atoms with Crippen molar-refractivity contribution >= 4 is 18.1 Å². The van der Waals surface area contributed by atoms with Crippen molar-refractivity contribution in [3.63, 3.8) is 0 Å². The Labute approximate surface area is 287 Å². The summed E-state index contributed by atoms with van der Waals surface area (Å²) in [6, 6.07) is 16.1. The first-order valence-corrected chi connectivity index (χ1v) is 15.5. The van der Waals surface area contributed by atoms with Gasteiger partial charge in [0, 0.05) is 18.2 Å². The fourth-order valence-electron chi connectivity index (χ4n) is 4.73. The molecule has 0 saturated heterocycles. The van der Waals surface area contributed by atoms with E-state index in [1.165, 1.54) is 41.6 Å². The van der Waals surface area contributed by atoms with Crippen LogP contribution in [-0.4, -0.2) is 69.8 Å². The third-order valence-corrected chi connectivity index (χ3v) is 6.79. The number of carbonyl (C=O) groups is 3. The highest BCUT2D eigenvalue weighted by Gasteiger charge is 2.32. The van der Waals surface area contributed by atoms with Crippen molar-refractivity contribution in [3.05, 3.63) is 71.3 Å². The summed E-state index contributed by atoms with van der Waals surface area (Å²) in [5.74, 6) is 0.399. The number of alkyl carbamates (subject to hydrolysis) is 2. The van der Waals surface area contributed by atoms with Crippen molar-refractivity contribution in [2.24, 2.45) is 0 Å². The van der Waals surface area contributed by atoms with Gasteiger partial charge in [-0.15, -0.1) is 0 Å². The van der Waals surface area contributed by atoms with Crippen molar-refractivity contribution in [3.8, 4) is 34.1 Å². The Balaban J connectivity index is 2.38. The van der Waals surface area contributed by atoms with E-state index in [0.717, 1.165) is 10.6 Å². The molecule has 0 aliphatic heterocycles. The van der Waals surface area contributed by atoms with Crippen LogP contribution in [0.25, 0.3) is 11.1 Å². The molecule has 0 aromatic heterocycles. The molecule has 13 heteroatoms. The van der Waals surface area contributed by atoms with Crippen LogP contribution in [0, 0.1) is 0 Å². The molecule has 3 rings (SSSR count). The largest absolute Gasteiger partial charge is 0.493 e. The Bertz CT molecular complexity index is 1580. The average Bonchev–Trinajstić information content (AvgIpc) is 3.03. The van der Waals surface area contributed by atoms with Gasteiger partial charge >= 0.3 is 12.2 Å². The van der Waals surface area contributed by atoms with Gasteiger partial charge < -0.3 is 28.4 Å². The summed E-state index contributed by atoms with van der Waals surface area (Å²) in [6.45, 7) is 10.5. The van der Waals surface area contributed by atoms with E-state index in [9.17, 15) is 14.4 Å². The fraction of sp³-hybridized carbons (Fsp3) is 0.417. The second-order valence-electron chi connectivity index (χ2n) is 12.8. The number of amides is 3. The second kappa shape index (κ2) is 16.3. The molecule has 3 amide bonds. The van der Waals surface area contributed by atoms with Crippen LogP contribution in [0.4, 0.5) is 9.59 Å². The number of methoxy groups -OCH3 is 3. The van der Waals surface area contributed by atoms with E-state index in [4.69, 9.17) is 33.3 Å². The first-order valence-electron chi connectivity index (χ1n) is 15.5. The molecular formula is C36H47N3O10. The third-order valence-electron chi connectivity index (χ3n) is 6.79. The van der Waals surface area contributed by atoms with Crippen LogP contribution < -0.4 is 29.6 Å². The lowest BCUT2D eigenvalue weighted by molar-refractivity contribution is -0.0756. The molecule has 3 aromatic rings. The van der Waals surface area contributed by atoms with Crippen LogP contribution in [-0.2, 0) is 20.9 Å². The zero-order valence-corrected chi connectivity index (χ0v) is 30.0. The van der Waals surface area contributed by atoms with Crippen molar-refractivity contribution in [2.45, 2.75) is 65.5 Å². The van der Waals surface area contributed by atoms with E-state index in [0.29, 0.717) is 16.9 Å². The first kappa shape index (κ1) is 38.3. The summed E-state index contributed by atoms with van der Waals surface area (Å²) in [7, 11) is 7.09. The van der Waals surface area contributed by atoms with Crippen LogP contribution in [0.2, 0.25) is 0 Å². The summed E-state index contributed by atoms with van der Waals surface area (Å²) in [6.07, 6.45) is -2.93. The Hall–Kier alpha value is -5.17. The maximum atomic E-state index is 13.8. The molecule has 0 aliphatic carbocycles. The predicted molar refractivity (Wildman–Crippen MR) is 183 cm³/mol. The number of hydroxylamine groups is 2. The fourth-order valence-corrected chi connectivity index (χ4v) is 4.73. The normalized spacial score (nSPS) is 11.3. The van der Waals surface area contributed by atoms with Gasteiger partial charge in [-0.05, 0) is 70.9 Å². The van der Waals surface area contributed by atoms with E-state index in [1.807, 2.05) is 30.3 Å². The maximum absolute atomic E-state index is 13.8. The van der Waals surface area contributed by atoms with Crippen LogP contribution in [0.5, 0.6) is 23.0 Å². The number of benzene rings is 3. The molecule has 0 heterocycles. The van der Waals surface area contributed by atoms with Gasteiger partial charge in [0.05, 0.1) is 34.0 Å². The number of nitrogens with zero attached hydrogens (tertiary/aromatic N) is 1. The lowest BCUT2D eigenvalue weighted by Gasteiger charge is -2.29. The molecule has 0 unspecified atom stereocenters. The summed E-state index contributed by atoms with van der Waals surface area (Å²) >= 11 is 0. The van der Waals surface area contributed by atoms with Gasteiger partial charge in [0.15, 0.2) is 11.5 Å². The lowest BCUT2D eigenvalue weighted by Crippen LogP contribution is -2.45. The Kier molecular flexibility index (Phi) is 12.7. The molecular weight excluding hydrogens is 634 g/mol. The lowest BCUT2D eigenvalue weighted by atomic mass is 9.91. The number of rotatable bonds is 12. The van der Waals surface area contributed by atoms with E-state index >= 15 is 0 Å². The molecule has 49 heavy (non-hydrogen) atoms. The molecule has 0 spiro atoms. The molecule has 266 valence electrons. The molecule has 2 N–H and O–H groups in total. The van der Waals surface area contributed by atoms with Crippen molar-refractivity contribution in [1.29, 1.82) is 0 Å². The molecule has 0 fully saturated rings. The Morgan fingerprint density at radius 3 is 1.82 bits per heavy atom. The molecule has 0 atom stereocenters. The van der Waals surface area contributed by atoms with Gasteiger partial charge in [-0.1, -0.05) is 36.4 Å². The first-order chi connectivity index (χ1) is 23.0. The van der Waals surface area contributed by atoms with Crippen molar-refractivity contribution in [1.82, 2.24) is 15.7 Å². The van der Waals surface area contributed by atoms with Gasteiger partial charge in [0.1, 0.15) is 29.7 Å². The topological polar surface area (TPSA) is 143 Å². The highest BCUT2D eigenvalue weighted by molar-refractivity contribution is 6.04. The van der Waals surface area contributed by atoms with Crippen LogP contribution in [0.3, 0.4) is 0 Å². The van der Waals surface area contributed by atoms with E-state index in [-0.39, 0.29) is 35.0 Å². The molecule has 0 bridgehead atoms. The molecule has 3 aromatic carbocycles. The highest BCUT2D eigenvalue weighted by atomic mass is 16.7. The minimum Gasteiger partial charge on any atom is -0.493 e. The number of nitrogens with one attached hydrogen (secondary N) is 2. The van der Waals surface area contributed by atoms with Gasteiger partial charge in [-0.3, -0.25) is 20.3 Å². The monoisotopic (exact) mass is 681 g/mol. The predicted octanol–water partition coefficient (Wildman–Crippen LogP) is 6.64. The standard InChI is InChI=1S/C36H47N3O10/c1-35(2,3)48-33(41)37-31(38-34(42)49-36(4,5)6)25-19-23(47-21-22-15-13-12-14-16-22)17-18-24(25)28-26(32(40)39(7)46-11)20-27(43-8)29(44-9)30(28)45-10/h12-20,31H,21H2,1-11H3,(H,37,41)(H,38,42). The molecule has 0 aliphatic rings. The van der Waals surface area contributed by atoms with E-state index in [2.05, 4.69) is 10.6 Å². The minimum absolute atomic E-state index is 0.103. The van der Waals surface area contributed by atoms with Crippen LogP contribution in [0.15, 0.2) is 54.6 Å². The van der Waals surface area contributed by atoms with Gasteiger partial charge in [0.2, 0.25) is 5.75 Å². The summed E-state index contributed by atoms with van der Waals surface area (Å²) in [5.41, 5.74) is 0.200. The number of ether oxygens (including phenoxy) is 6. The highest BCUT2D eigenvalue weighted by Crippen LogP contribution is 2.49. The van der Waals surface area contributed by atoms with Crippen LogP contribution >= 0.6 is 0 Å². The maximum Gasteiger partial charge on any atom is 0.409 e. The summed E-state index contributed by atoms with van der Waals surface area (Å²) in [4.78, 5) is 45.6. The van der Waals surface area contributed by atoms with Crippen LogP contribution in [0.1, 0.15) is 69.2 Å². The van der Waals surface area contributed by atoms with Crippen molar-refractivity contribution < 1.29 is 47.6 Å². The number of carbonyl (C=O) groups excluding carboxylic acids is 3. The quantitative estimate of drug-likeness (QED) is 0.158. The summed E-state index contributed by atoms with van der Waals surface area (Å²) < 4.78 is 34.4. The van der Waals surface area contributed by atoms with Crippen molar-refractivity contribution in [2.75, 3.05) is 35.5 Å². The number of hydrogen-bond acceptors (Lipinski definition) is 10. The van der Waals surface area contributed by atoms with Gasteiger partial charge in [-0.25, -0.2) is 14.7 Å². The Morgan fingerprint density at radius 1 is 0.755 bits per heavy atom. The molecule has 13 nitrogen and oxygen atoms in total. The van der Waals surface area contributed by atoms with E-state index in [1.54, 1.807) is 59.7 Å². The number of hydrogen-bond donors (Lipinski definition) is 2. The minimum atomic E-state index is -1.28. The average molecular weight is 682 g/mol. The SMILES string of the molecule is COc1cc(C(=O)N(C)OC)c(-c2ccc(OCc3ccccc3)cc2C(NC(=O)OC(C)(C)C)NC(=O)OC(C)(C)C)c(OC)c1OC. The van der Waals surface area contributed by atoms with Gasteiger partial charge in [-0.2, -0.15) is 0 Å². The molecule has 0 radical (unpaired) electrons. The summed E-state index contributed by atoms with van der Waals surface area (Å²) in [5, 5.41) is 6.53. The van der Waals surface area contributed by atoms with Gasteiger partial charge in [0.25, 0.3) is 5.91 Å². The Morgan fingerprint density at radius 2 is 1.33 bits per heavy atom. The second-order valence-corrected chi connectivity index (χ2v) is 12.8. The van der Waals surface area contributed by atoms with E-state index < -0.39 is 35.5 Å². The third kappa shape index (κ3) is 10.4. The molecule has 0 saturated carbocycles. The smallest absolute Gasteiger partial charge is 0.409 e. The zero-order valence-electron chi connectivity index (χ0n) is 30.0. The zero-order chi connectivity index (χ0) is 36.5.